The fraction of sp³-hybridized carbons (Fsp3) is 0.346. The molecule has 1 atom stereocenters. The molecule has 7 heteroatoms. The second-order valence-corrected chi connectivity index (χ2v) is 9.09. The van der Waals surface area contributed by atoms with E-state index in [4.69, 9.17) is 33.3 Å². The Balaban J connectivity index is 1.75. The third-order valence-corrected chi connectivity index (χ3v) is 6.65. The van der Waals surface area contributed by atoms with Gasteiger partial charge in [0.1, 0.15) is 0 Å². The SMILES string of the molecule is CCCCCN1C(=S)NC(c2ccc(CC)cc2)C(c2nc(-c3ccc(Cl)cc3)no2)=C1C. The quantitative estimate of drug-likeness (QED) is 0.282. The molecule has 0 bridgehead atoms. The zero-order chi connectivity index (χ0) is 23.4. The second-order valence-electron chi connectivity index (χ2n) is 8.27. The summed E-state index contributed by atoms with van der Waals surface area (Å²) in [6.07, 6.45) is 4.38. The van der Waals surface area contributed by atoms with Crippen molar-refractivity contribution in [2.24, 2.45) is 0 Å². The lowest BCUT2D eigenvalue weighted by atomic mass is 9.93. The van der Waals surface area contributed by atoms with Crippen LogP contribution in [0.2, 0.25) is 5.02 Å². The first-order valence-electron chi connectivity index (χ1n) is 11.5. The van der Waals surface area contributed by atoms with Gasteiger partial charge in [-0.2, -0.15) is 4.98 Å². The lowest BCUT2D eigenvalue weighted by Crippen LogP contribution is -2.46. The van der Waals surface area contributed by atoms with Gasteiger partial charge < -0.3 is 14.7 Å². The fourth-order valence-electron chi connectivity index (χ4n) is 4.09. The van der Waals surface area contributed by atoms with E-state index in [1.54, 1.807) is 0 Å². The van der Waals surface area contributed by atoms with Crippen LogP contribution in [0.4, 0.5) is 0 Å². The van der Waals surface area contributed by atoms with E-state index in [0.29, 0.717) is 16.7 Å². The summed E-state index contributed by atoms with van der Waals surface area (Å²) in [5.41, 5.74) is 5.27. The Morgan fingerprint density at radius 3 is 2.45 bits per heavy atom. The topological polar surface area (TPSA) is 54.2 Å². The maximum atomic E-state index is 6.04. The molecule has 1 aliphatic rings. The lowest BCUT2D eigenvalue weighted by molar-refractivity contribution is 0.395. The highest BCUT2D eigenvalue weighted by molar-refractivity contribution is 7.80. The molecule has 1 N–H and O–H groups in total. The summed E-state index contributed by atoms with van der Waals surface area (Å²) < 4.78 is 5.80. The van der Waals surface area contributed by atoms with Crippen LogP contribution in [0.15, 0.2) is 58.8 Å². The van der Waals surface area contributed by atoms with Gasteiger partial charge in [0, 0.05) is 22.8 Å². The van der Waals surface area contributed by atoms with Crippen LogP contribution in [-0.4, -0.2) is 26.7 Å². The molecule has 0 aliphatic carbocycles. The van der Waals surface area contributed by atoms with Gasteiger partial charge in [-0.1, -0.05) is 67.7 Å². The van der Waals surface area contributed by atoms with Crippen LogP contribution in [0, 0.1) is 0 Å². The minimum Gasteiger partial charge on any atom is -0.351 e. The molecule has 1 aromatic heterocycles. The maximum absolute atomic E-state index is 6.04. The third-order valence-electron chi connectivity index (χ3n) is 6.06. The minimum atomic E-state index is -0.163. The number of aromatic nitrogens is 2. The minimum absolute atomic E-state index is 0.163. The number of nitrogens with one attached hydrogen (secondary N) is 1. The molecule has 1 aliphatic heterocycles. The van der Waals surface area contributed by atoms with Crippen molar-refractivity contribution >= 4 is 34.5 Å². The number of benzene rings is 2. The summed E-state index contributed by atoms with van der Waals surface area (Å²) in [5, 5.41) is 9.20. The highest BCUT2D eigenvalue weighted by Gasteiger charge is 2.33. The van der Waals surface area contributed by atoms with Crippen LogP contribution < -0.4 is 5.32 Å². The molecule has 0 spiro atoms. The van der Waals surface area contributed by atoms with Gasteiger partial charge in [0.15, 0.2) is 5.11 Å². The molecule has 33 heavy (non-hydrogen) atoms. The van der Waals surface area contributed by atoms with Crippen LogP contribution in [0.3, 0.4) is 0 Å². The Labute approximate surface area is 205 Å². The predicted octanol–water partition coefficient (Wildman–Crippen LogP) is 6.81. The van der Waals surface area contributed by atoms with Gasteiger partial charge in [0.05, 0.1) is 11.6 Å². The molecule has 0 saturated heterocycles. The smallest absolute Gasteiger partial charge is 0.258 e. The Bertz CT molecular complexity index is 1140. The summed E-state index contributed by atoms with van der Waals surface area (Å²) >= 11 is 11.8. The lowest BCUT2D eigenvalue weighted by Gasteiger charge is -2.37. The number of nitrogens with zero attached hydrogens (tertiary/aromatic N) is 3. The Morgan fingerprint density at radius 1 is 1.06 bits per heavy atom. The van der Waals surface area contributed by atoms with Crippen molar-refractivity contribution < 1.29 is 4.52 Å². The number of thiocarbonyl (C=S) groups is 1. The zero-order valence-electron chi connectivity index (χ0n) is 19.3. The fourth-order valence-corrected chi connectivity index (χ4v) is 4.56. The van der Waals surface area contributed by atoms with E-state index in [9.17, 15) is 0 Å². The normalized spacial score (nSPS) is 16.3. The largest absolute Gasteiger partial charge is 0.351 e. The van der Waals surface area contributed by atoms with Gasteiger partial charge in [-0.05, 0) is 67.4 Å². The first-order valence-corrected chi connectivity index (χ1v) is 12.3. The van der Waals surface area contributed by atoms with E-state index >= 15 is 0 Å². The molecule has 2 aromatic carbocycles. The molecule has 0 radical (unpaired) electrons. The van der Waals surface area contributed by atoms with Gasteiger partial charge in [0.25, 0.3) is 5.89 Å². The van der Waals surface area contributed by atoms with Crippen molar-refractivity contribution in [1.29, 1.82) is 0 Å². The van der Waals surface area contributed by atoms with E-state index in [2.05, 4.69) is 60.4 Å². The van der Waals surface area contributed by atoms with Gasteiger partial charge >= 0.3 is 0 Å². The zero-order valence-corrected chi connectivity index (χ0v) is 20.8. The molecule has 0 saturated carbocycles. The number of allylic oxidation sites excluding steroid dienone is 1. The molecule has 3 aromatic rings. The summed E-state index contributed by atoms with van der Waals surface area (Å²) in [5.74, 6) is 1.03. The van der Waals surface area contributed by atoms with Crippen molar-refractivity contribution in [3.8, 4) is 11.4 Å². The molecule has 1 unspecified atom stereocenters. The van der Waals surface area contributed by atoms with Gasteiger partial charge in [-0.25, -0.2) is 0 Å². The number of halogens is 1. The summed E-state index contributed by atoms with van der Waals surface area (Å²) in [6, 6.07) is 15.9. The number of hydrogen-bond acceptors (Lipinski definition) is 4. The number of aryl methyl sites for hydroxylation is 1. The molecular formula is C26H29ClN4OS. The molecule has 0 amide bonds. The van der Waals surface area contributed by atoms with Crippen molar-refractivity contribution in [3.63, 3.8) is 0 Å². The Morgan fingerprint density at radius 2 is 1.79 bits per heavy atom. The highest BCUT2D eigenvalue weighted by Crippen LogP contribution is 2.37. The number of rotatable bonds is 8. The first-order chi connectivity index (χ1) is 16.0. The standard InChI is InChI=1S/C26H29ClN4OS/c1-4-6-7-16-31-17(3)22(23(28-26(31)33)19-10-8-18(5-2)9-11-19)25-29-24(30-32-25)20-12-14-21(27)15-13-20/h8-15,23H,4-7,16H2,1-3H3,(H,28,33). The molecule has 0 fully saturated rings. The molecule has 5 nitrogen and oxygen atoms in total. The molecular weight excluding hydrogens is 452 g/mol. The van der Waals surface area contributed by atoms with Gasteiger partial charge in [-0.15, -0.1) is 0 Å². The van der Waals surface area contributed by atoms with Crippen molar-refractivity contribution in [1.82, 2.24) is 20.4 Å². The van der Waals surface area contributed by atoms with Crippen LogP contribution in [0.1, 0.15) is 63.1 Å². The van der Waals surface area contributed by atoms with E-state index in [1.807, 2.05) is 24.3 Å². The molecule has 2 heterocycles. The van der Waals surface area contributed by atoms with Crippen LogP contribution in [0.5, 0.6) is 0 Å². The Kier molecular flexibility index (Phi) is 7.46. The summed E-state index contributed by atoms with van der Waals surface area (Å²) in [6.45, 7) is 7.31. The van der Waals surface area contributed by atoms with Gasteiger partial charge in [0.2, 0.25) is 5.82 Å². The monoisotopic (exact) mass is 480 g/mol. The molecule has 4 rings (SSSR count). The summed E-state index contributed by atoms with van der Waals surface area (Å²) in [7, 11) is 0. The van der Waals surface area contributed by atoms with E-state index in [-0.39, 0.29) is 6.04 Å². The van der Waals surface area contributed by atoms with Crippen molar-refractivity contribution in [2.75, 3.05) is 6.54 Å². The Hall–Kier alpha value is -2.70. The average molecular weight is 481 g/mol. The van der Waals surface area contributed by atoms with E-state index in [0.717, 1.165) is 59.7 Å². The van der Waals surface area contributed by atoms with E-state index < -0.39 is 0 Å². The first kappa shape index (κ1) is 23.5. The van der Waals surface area contributed by atoms with Crippen LogP contribution >= 0.6 is 23.8 Å². The maximum Gasteiger partial charge on any atom is 0.258 e. The van der Waals surface area contributed by atoms with E-state index in [1.165, 1.54) is 5.56 Å². The van der Waals surface area contributed by atoms with Crippen molar-refractivity contribution in [2.45, 2.75) is 52.5 Å². The average Bonchev–Trinajstić information content (AvgIpc) is 3.31. The second kappa shape index (κ2) is 10.5. The number of unbranched alkanes of at least 4 members (excludes halogenated alkanes) is 2. The van der Waals surface area contributed by atoms with Crippen molar-refractivity contribution in [3.05, 3.63) is 76.3 Å². The highest BCUT2D eigenvalue weighted by atomic mass is 35.5. The van der Waals surface area contributed by atoms with Gasteiger partial charge in [-0.3, -0.25) is 0 Å². The third kappa shape index (κ3) is 5.12. The van der Waals surface area contributed by atoms with Crippen LogP contribution in [0.25, 0.3) is 17.0 Å². The van der Waals surface area contributed by atoms with Crippen LogP contribution in [-0.2, 0) is 6.42 Å². The molecule has 172 valence electrons. The predicted molar refractivity (Wildman–Crippen MR) is 138 cm³/mol. The number of hydrogen-bond donors (Lipinski definition) is 1. The summed E-state index contributed by atoms with van der Waals surface area (Å²) in [4.78, 5) is 6.92.